The van der Waals surface area contributed by atoms with Crippen LogP contribution in [0.3, 0.4) is 0 Å². The van der Waals surface area contributed by atoms with Crippen molar-refractivity contribution in [3.63, 3.8) is 0 Å². The quantitative estimate of drug-likeness (QED) is 0.187. The molecule has 0 saturated heterocycles. The van der Waals surface area contributed by atoms with E-state index < -0.39 is 12.0 Å². The van der Waals surface area contributed by atoms with Crippen molar-refractivity contribution in [3.05, 3.63) is 116 Å². The fourth-order valence-corrected chi connectivity index (χ4v) is 7.07. The van der Waals surface area contributed by atoms with Crippen LogP contribution in [0.5, 0.6) is 17.2 Å². The molecule has 0 unspecified atom stereocenters. The van der Waals surface area contributed by atoms with Crippen LogP contribution in [0.2, 0.25) is 15.1 Å². The molecule has 1 aromatic heterocycles. The summed E-state index contributed by atoms with van der Waals surface area (Å²) in [5.74, 6) is 0.739. The highest BCUT2D eigenvalue weighted by Gasteiger charge is 2.35. The summed E-state index contributed by atoms with van der Waals surface area (Å²) in [4.78, 5) is 32.0. The van der Waals surface area contributed by atoms with E-state index in [-0.39, 0.29) is 17.7 Å². The molecule has 8 nitrogen and oxygen atoms in total. The molecule has 0 fully saturated rings. The fraction of sp³-hybridized carbons (Fsp3) is 0.194. The zero-order chi connectivity index (χ0) is 31.7. The summed E-state index contributed by atoms with van der Waals surface area (Å²) in [7, 11) is 4.31. The second-order valence-corrected chi connectivity index (χ2v) is 12.7. The number of carbonyl (C=O) groups excluding carboxylic acids is 1. The summed E-state index contributed by atoms with van der Waals surface area (Å²) in [6.07, 6.45) is 1.72. The van der Waals surface area contributed by atoms with Gasteiger partial charge in [-0.25, -0.2) is 9.79 Å². The van der Waals surface area contributed by atoms with Gasteiger partial charge in [0, 0.05) is 26.2 Å². The Morgan fingerprint density at radius 1 is 1.02 bits per heavy atom. The van der Waals surface area contributed by atoms with Gasteiger partial charge < -0.3 is 18.9 Å². The number of allylic oxidation sites excluding steroid dienone is 1. The van der Waals surface area contributed by atoms with Gasteiger partial charge in [-0.05, 0) is 77.0 Å². The number of methoxy groups -OCH3 is 3. The van der Waals surface area contributed by atoms with Gasteiger partial charge in [0.15, 0.2) is 16.3 Å². The normalized spacial score (nSPS) is 14.6. The van der Waals surface area contributed by atoms with Crippen LogP contribution in [0.1, 0.15) is 29.7 Å². The largest absolute Gasteiger partial charge is 0.496 e. The van der Waals surface area contributed by atoms with Crippen molar-refractivity contribution in [2.45, 2.75) is 19.6 Å². The first-order valence-corrected chi connectivity index (χ1v) is 15.7. The SMILES string of the molecule is COC(=O)C1=C(C)N=c2s/c(=C\c3cc(Br)c(OCc4ccc(Cl)cc4Cl)c(OC)c3)c(=O)n2[C@@H]1c1cc(Cl)ccc1OC. The van der Waals surface area contributed by atoms with Gasteiger partial charge in [-0.3, -0.25) is 9.36 Å². The zero-order valence-corrected chi connectivity index (χ0v) is 28.4. The lowest BCUT2D eigenvalue weighted by molar-refractivity contribution is -0.136. The van der Waals surface area contributed by atoms with Gasteiger partial charge >= 0.3 is 5.97 Å². The minimum Gasteiger partial charge on any atom is -0.496 e. The Hall–Kier alpha value is -3.28. The first kappa shape index (κ1) is 32.1. The number of thiazole rings is 1. The van der Waals surface area contributed by atoms with Crippen molar-refractivity contribution in [2.75, 3.05) is 21.3 Å². The van der Waals surface area contributed by atoms with E-state index in [2.05, 4.69) is 20.9 Å². The van der Waals surface area contributed by atoms with E-state index in [1.54, 1.807) is 55.5 Å². The van der Waals surface area contributed by atoms with Crippen LogP contribution in [-0.2, 0) is 16.1 Å². The van der Waals surface area contributed by atoms with Crippen molar-refractivity contribution in [2.24, 2.45) is 4.99 Å². The maximum absolute atomic E-state index is 14.0. The third kappa shape index (κ3) is 6.27. The lowest BCUT2D eigenvalue weighted by Crippen LogP contribution is -2.40. The molecule has 0 N–H and O–H groups in total. The standard InChI is InChI=1S/C31H24BrCl3N2O6S/c1-15-26(30(39)42-4)27(20-12-18(33)7-8-23(20)40-2)37-29(38)25(44-31(37)36-15)11-16-9-21(32)28(24(10-16)41-3)43-14-17-5-6-19(34)13-22(17)35/h5-13,27H,14H2,1-4H3/b25-11-/t27-/m1/s1. The Bertz CT molecular complexity index is 2010. The highest BCUT2D eigenvalue weighted by atomic mass is 79.9. The summed E-state index contributed by atoms with van der Waals surface area (Å²) < 4.78 is 24.8. The summed E-state index contributed by atoms with van der Waals surface area (Å²) in [6, 6.07) is 12.9. The first-order chi connectivity index (χ1) is 21.1. The van der Waals surface area contributed by atoms with Crippen molar-refractivity contribution < 1.29 is 23.7 Å². The number of ether oxygens (including phenoxy) is 4. The van der Waals surface area contributed by atoms with Crippen LogP contribution in [0.25, 0.3) is 6.08 Å². The Morgan fingerprint density at radius 2 is 1.73 bits per heavy atom. The number of rotatable bonds is 8. The minimum atomic E-state index is -0.883. The monoisotopic (exact) mass is 736 g/mol. The number of hydrogen-bond donors (Lipinski definition) is 0. The predicted octanol–water partition coefficient (Wildman–Crippen LogP) is 6.73. The number of carbonyl (C=O) groups is 1. The van der Waals surface area contributed by atoms with Crippen LogP contribution in [0, 0.1) is 0 Å². The summed E-state index contributed by atoms with van der Waals surface area (Å²) in [5.41, 5.74) is 2.21. The summed E-state index contributed by atoms with van der Waals surface area (Å²) >= 11 is 23.4. The van der Waals surface area contributed by atoms with Crippen LogP contribution in [-0.4, -0.2) is 31.9 Å². The lowest BCUT2D eigenvalue weighted by Gasteiger charge is -2.25. The highest BCUT2D eigenvalue weighted by molar-refractivity contribution is 9.10. The molecule has 1 aliphatic heterocycles. The third-order valence-corrected chi connectivity index (χ3v) is 9.24. The predicted molar refractivity (Wildman–Crippen MR) is 175 cm³/mol. The van der Waals surface area contributed by atoms with Gasteiger partial charge in [0.1, 0.15) is 18.4 Å². The molecule has 5 rings (SSSR count). The molecular weight excluding hydrogens is 715 g/mol. The van der Waals surface area contributed by atoms with E-state index in [1.807, 2.05) is 6.07 Å². The molecule has 0 spiro atoms. The van der Waals surface area contributed by atoms with Crippen molar-refractivity contribution in [1.29, 1.82) is 0 Å². The molecule has 0 aliphatic carbocycles. The maximum Gasteiger partial charge on any atom is 0.338 e. The molecular formula is C31H24BrCl3N2O6S. The van der Waals surface area contributed by atoms with Gasteiger partial charge in [-0.1, -0.05) is 52.2 Å². The van der Waals surface area contributed by atoms with Crippen LogP contribution in [0.15, 0.2) is 74.1 Å². The van der Waals surface area contributed by atoms with E-state index in [4.69, 9.17) is 53.8 Å². The Labute approximate surface area is 279 Å². The zero-order valence-electron chi connectivity index (χ0n) is 23.7. The van der Waals surface area contributed by atoms with Gasteiger partial charge in [0.05, 0.1) is 41.6 Å². The van der Waals surface area contributed by atoms with Gasteiger partial charge in [-0.2, -0.15) is 0 Å². The molecule has 0 saturated carbocycles. The highest BCUT2D eigenvalue weighted by Crippen LogP contribution is 2.39. The second-order valence-electron chi connectivity index (χ2n) is 9.52. The van der Waals surface area contributed by atoms with Gasteiger partial charge in [0.2, 0.25) is 0 Å². The van der Waals surface area contributed by atoms with Crippen LogP contribution < -0.4 is 29.1 Å². The van der Waals surface area contributed by atoms with Gasteiger partial charge in [-0.15, -0.1) is 0 Å². The maximum atomic E-state index is 14.0. The average molecular weight is 739 g/mol. The molecule has 0 bridgehead atoms. The smallest absolute Gasteiger partial charge is 0.338 e. The Balaban J connectivity index is 1.60. The summed E-state index contributed by atoms with van der Waals surface area (Å²) in [6.45, 7) is 1.88. The third-order valence-electron chi connectivity index (χ3n) is 6.85. The van der Waals surface area contributed by atoms with E-state index >= 15 is 0 Å². The molecule has 228 valence electrons. The van der Waals surface area contributed by atoms with Crippen molar-refractivity contribution in [3.8, 4) is 17.2 Å². The summed E-state index contributed by atoms with van der Waals surface area (Å²) in [5, 5.41) is 1.43. The number of fused-ring (bicyclic) bond motifs is 1. The van der Waals surface area contributed by atoms with Crippen LogP contribution >= 0.6 is 62.1 Å². The molecule has 1 aliphatic rings. The van der Waals surface area contributed by atoms with Crippen molar-refractivity contribution >= 4 is 74.1 Å². The molecule has 2 heterocycles. The number of halogens is 4. The van der Waals surface area contributed by atoms with Crippen LogP contribution in [0.4, 0.5) is 0 Å². The molecule has 3 aromatic carbocycles. The molecule has 13 heteroatoms. The molecule has 44 heavy (non-hydrogen) atoms. The lowest BCUT2D eigenvalue weighted by atomic mass is 9.95. The molecule has 4 aromatic rings. The number of esters is 1. The number of benzene rings is 3. The van der Waals surface area contributed by atoms with E-state index in [0.717, 1.165) is 5.56 Å². The van der Waals surface area contributed by atoms with E-state index in [1.165, 1.54) is 37.2 Å². The first-order valence-electron chi connectivity index (χ1n) is 12.9. The minimum absolute atomic E-state index is 0.178. The average Bonchev–Trinajstić information content (AvgIpc) is 3.29. The molecule has 1 atom stereocenters. The Morgan fingerprint density at radius 3 is 2.41 bits per heavy atom. The van der Waals surface area contributed by atoms with Gasteiger partial charge in [0.25, 0.3) is 5.56 Å². The topological polar surface area (TPSA) is 88.4 Å². The fourth-order valence-electron chi connectivity index (χ4n) is 4.81. The molecule has 0 amide bonds. The van der Waals surface area contributed by atoms with E-state index in [9.17, 15) is 9.59 Å². The van der Waals surface area contributed by atoms with Crippen molar-refractivity contribution in [1.82, 2.24) is 4.57 Å². The second kappa shape index (κ2) is 13.4. The Kier molecular flexibility index (Phi) is 9.77. The number of aromatic nitrogens is 1. The number of nitrogens with zero attached hydrogens (tertiary/aromatic N) is 2. The molecule has 0 radical (unpaired) electrons. The number of hydrogen-bond acceptors (Lipinski definition) is 8. The van der Waals surface area contributed by atoms with E-state index in [0.29, 0.717) is 62.9 Å².